The van der Waals surface area contributed by atoms with Crippen LogP contribution in [-0.4, -0.2) is 36.7 Å². The molecule has 176 valence electrons. The van der Waals surface area contributed by atoms with Gasteiger partial charge in [-0.15, -0.1) is 0 Å². The third-order valence-electron chi connectivity index (χ3n) is 5.07. The van der Waals surface area contributed by atoms with Crippen LogP contribution < -0.4 is 19.5 Å². The van der Waals surface area contributed by atoms with Gasteiger partial charge in [0, 0.05) is 17.3 Å². The van der Waals surface area contributed by atoms with Gasteiger partial charge in [-0.1, -0.05) is 12.1 Å². The highest BCUT2D eigenvalue weighted by Gasteiger charge is 2.15. The van der Waals surface area contributed by atoms with Crippen molar-refractivity contribution in [1.29, 1.82) is 5.26 Å². The van der Waals surface area contributed by atoms with Crippen LogP contribution in [0.4, 0.5) is 10.1 Å². The Kier molecular flexibility index (Phi) is 6.93. The Balaban J connectivity index is 1.60. The highest BCUT2D eigenvalue weighted by atomic mass is 19.1. The van der Waals surface area contributed by atoms with Crippen molar-refractivity contribution in [3.63, 3.8) is 0 Å². The smallest absolute Gasteiger partial charge is 0.262 e. The minimum Gasteiger partial charge on any atom is -0.497 e. The lowest BCUT2D eigenvalue weighted by molar-refractivity contribution is -0.118. The summed E-state index contributed by atoms with van der Waals surface area (Å²) < 4.78 is 29.5. The minimum atomic E-state index is -0.441. The van der Waals surface area contributed by atoms with Gasteiger partial charge in [-0.25, -0.2) is 9.37 Å². The van der Waals surface area contributed by atoms with Crippen LogP contribution in [-0.2, 0) is 4.79 Å². The summed E-state index contributed by atoms with van der Waals surface area (Å²) in [6.45, 7) is -0.328. The zero-order valence-electron chi connectivity index (χ0n) is 19.0. The first-order valence-corrected chi connectivity index (χ1v) is 10.5. The number of anilines is 1. The molecule has 0 aliphatic carbocycles. The van der Waals surface area contributed by atoms with Gasteiger partial charge in [0.25, 0.3) is 5.91 Å². The number of methoxy groups -OCH3 is 2. The third-order valence-corrected chi connectivity index (χ3v) is 5.07. The number of hydrogen-bond acceptors (Lipinski definition) is 6. The highest BCUT2D eigenvalue weighted by Crippen LogP contribution is 2.34. The topological polar surface area (TPSA) is 109 Å². The van der Waals surface area contributed by atoms with E-state index in [1.54, 1.807) is 49.6 Å². The molecule has 0 fully saturated rings. The van der Waals surface area contributed by atoms with Crippen molar-refractivity contribution in [3.8, 4) is 23.3 Å². The predicted octanol–water partition coefficient (Wildman–Crippen LogP) is 4.80. The number of H-pyrrole nitrogens is 1. The third kappa shape index (κ3) is 5.39. The number of nitrogens with one attached hydrogen (secondary N) is 2. The van der Waals surface area contributed by atoms with Gasteiger partial charge in [0.15, 0.2) is 18.1 Å². The van der Waals surface area contributed by atoms with E-state index >= 15 is 0 Å². The van der Waals surface area contributed by atoms with E-state index in [1.807, 2.05) is 0 Å². The number of aromatic nitrogens is 2. The minimum absolute atomic E-state index is 0.258. The largest absolute Gasteiger partial charge is 0.497 e. The molecule has 0 radical (unpaired) electrons. The number of hydrogen-bond donors (Lipinski definition) is 2. The number of nitriles is 1. The Morgan fingerprint density at radius 3 is 2.66 bits per heavy atom. The monoisotopic (exact) mass is 472 g/mol. The molecule has 8 nitrogen and oxygen atoms in total. The molecule has 0 aliphatic rings. The van der Waals surface area contributed by atoms with E-state index in [2.05, 4.69) is 21.4 Å². The molecule has 9 heteroatoms. The SMILES string of the molecule is COc1ccc2nc(/C(C#N)=C/c3cccc(OC)c3OCC(=O)Nc3ccc(F)cc3)[nH]c2c1. The molecular weight excluding hydrogens is 451 g/mol. The van der Waals surface area contributed by atoms with Crippen molar-refractivity contribution in [2.24, 2.45) is 0 Å². The van der Waals surface area contributed by atoms with Crippen molar-refractivity contribution >= 4 is 34.3 Å². The molecule has 4 aromatic rings. The Hall–Kier alpha value is -4.84. The summed E-state index contributed by atoms with van der Waals surface area (Å²) in [5.74, 6) is 0.872. The molecular formula is C26H21FN4O4. The van der Waals surface area contributed by atoms with E-state index < -0.39 is 11.7 Å². The predicted molar refractivity (Wildman–Crippen MR) is 130 cm³/mol. The molecule has 1 heterocycles. The van der Waals surface area contributed by atoms with E-state index in [4.69, 9.17) is 14.2 Å². The van der Waals surface area contributed by atoms with Gasteiger partial charge < -0.3 is 24.5 Å². The van der Waals surface area contributed by atoms with Crippen LogP contribution in [0.15, 0.2) is 60.7 Å². The van der Waals surface area contributed by atoms with Crippen molar-refractivity contribution in [1.82, 2.24) is 9.97 Å². The van der Waals surface area contributed by atoms with Crippen molar-refractivity contribution in [3.05, 3.63) is 77.9 Å². The van der Waals surface area contributed by atoms with E-state index in [0.29, 0.717) is 34.1 Å². The number of fused-ring (bicyclic) bond motifs is 1. The van der Waals surface area contributed by atoms with Gasteiger partial charge in [0.05, 0.1) is 30.8 Å². The van der Waals surface area contributed by atoms with Crippen LogP contribution in [0.25, 0.3) is 22.7 Å². The second-order valence-electron chi connectivity index (χ2n) is 7.36. The number of para-hydroxylation sites is 1. The molecule has 4 rings (SSSR count). The van der Waals surface area contributed by atoms with Crippen molar-refractivity contribution in [2.45, 2.75) is 0 Å². The maximum atomic E-state index is 13.1. The molecule has 35 heavy (non-hydrogen) atoms. The maximum absolute atomic E-state index is 13.1. The number of carbonyl (C=O) groups is 1. The highest BCUT2D eigenvalue weighted by molar-refractivity contribution is 5.93. The number of carbonyl (C=O) groups excluding carboxylic acids is 1. The molecule has 0 aliphatic heterocycles. The second kappa shape index (κ2) is 10.4. The molecule has 3 aromatic carbocycles. The van der Waals surface area contributed by atoms with Gasteiger partial charge in [0.2, 0.25) is 0 Å². The lowest BCUT2D eigenvalue weighted by Crippen LogP contribution is -2.20. The summed E-state index contributed by atoms with van der Waals surface area (Å²) in [6.07, 6.45) is 1.60. The lowest BCUT2D eigenvalue weighted by Gasteiger charge is -2.13. The molecule has 0 atom stereocenters. The normalized spacial score (nSPS) is 11.1. The zero-order valence-corrected chi connectivity index (χ0v) is 19.0. The summed E-state index contributed by atoms with van der Waals surface area (Å²) in [4.78, 5) is 20.0. The zero-order chi connectivity index (χ0) is 24.8. The van der Waals surface area contributed by atoms with Crippen LogP contribution in [0.2, 0.25) is 0 Å². The first-order chi connectivity index (χ1) is 17.0. The Bertz CT molecular complexity index is 1440. The average molecular weight is 472 g/mol. The summed E-state index contributed by atoms with van der Waals surface area (Å²) in [6, 6.07) is 18.1. The van der Waals surface area contributed by atoms with Crippen LogP contribution >= 0.6 is 0 Å². The standard InChI is InChI=1S/C26H21FN4O4/c1-33-20-10-11-21-22(13-20)31-26(30-21)17(14-28)12-16-4-3-5-23(34-2)25(16)35-15-24(32)29-19-8-6-18(27)7-9-19/h3-13H,15H2,1-2H3,(H,29,32)(H,30,31)/b17-12+. The van der Waals surface area contributed by atoms with Gasteiger partial charge >= 0.3 is 0 Å². The fraction of sp³-hybridized carbons (Fsp3) is 0.115. The molecule has 0 saturated heterocycles. The molecule has 0 bridgehead atoms. The number of ether oxygens (including phenoxy) is 3. The van der Waals surface area contributed by atoms with E-state index in [0.717, 1.165) is 5.52 Å². The first kappa shape index (κ1) is 23.3. The first-order valence-electron chi connectivity index (χ1n) is 10.5. The molecule has 0 unspecified atom stereocenters. The molecule has 2 N–H and O–H groups in total. The number of rotatable bonds is 8. The van der Waals surface area contributed by atoms with Gasteiger partial charge in [-0.3, -0.25) is 4.79 Å². The summed E-state index contributed by atoms with van der Waals surface area (Å²) in [5.41, 5.74) is 2.62. The van der Waals surface area contributed by atoms with Crippen LogP contribution in [0, 0.1) is 17.1 Å². The maximum Gasteiger partial charge on any atom is 0.262 e. The Morgan fingerprint density at radius 2 is 1.94 bits per heavy atom. The lowest BCUT2D eigenvalue weighted by atomic mass is 10.1. The fourth-order valence-corrected chi connectivity index (χ4v) is 3.38. The molecule has 0 saturated carbocycles. The number of aromatic amines is 1. The summed E-state index contributed by atoms with van der Waals surface area (Å²) in [7, 11) is 3.05. The van der Waals surface area contributed by atoms with Crippen molar-refractivity contribution < 1.29 is 23.4 Å². The molecule has 0 spiro atoms. The van der Waals surface area contributed by atoms with Crippen LogP contribution in [0.5, 0.6) is 17.2 Å². The number of benzene rings is 3. The summed E-state index contributed by atoms with van der Waals surface area (Å²) >= 11 is 0. The quantitative estimate of drug-likeness (QED) is 0.357. The Morgan fingerprint density at radius 1 is 1.14 bits per heavy atom. The van der Waals surface area contributed by atoms with Gasteiger partial charge in [-0.2, -0.15) is 5.26 Å². The van der Waals surface area contributed by atoms with E-state index in [9.17, 15) is 14.4 Å². The van der Waals surface area contributed by atoms with E-state index in [1.165, 1.54) is 31.4 Å². The van der Waals surface area contributed by atoms with Gasteiger partial charge in [-0.05, 0) is 48.5 Å². The number of imidazole rings is 1. The number of nitrogens with zero attached hydrogens (tertiary/aromatic N) is 2. The van der Waals surface area contributed by atoms with Gasteiger partial charge in [0.1, 0.15) is 23.5 Å². The molecule has 1 aromatic heterocycles. The summed E-state index contributed by atoms with van der Waals surface area (Å²) in [5, 5.41) is 12.5. The average Bonchev–Trinajstić information content (AvgIpc) is 3.30. The Labute approximate surface area is 200 Å². The van der Waals surface area contributed by atoms with Crippen LogP contribution in [0.1, 0.15) is 11.4 Å². The number of halogens is 1. The van der Waals surface area contributed by atoms with Crippen molar-refractivity contribution in [2.75, 3.05) is 26.1 Å². The molecule has 1 amide bonds. The number of allylic oxidation sites excluding steroid dienone is 1. The van der Waals surface area contributed by atoms with Crippen LogP contribution in [0.3, 0.4) is 0 Å². The fourth-order valence-electron chi connectivity index (χ4n) is 3.38. The van der Waals surface area contributed by atoms with E-state index in [-0.39, 0.29) is 17.9 Å². The number of amides is 1. The second-order valence-corrected chi connectivity index (χ2v) is 7.36.